The van der Waals surface area contributed by atoms with E-state index in [1.54, 1.807) is 0 Å². The second-order valence-corrected chi connectivity index (χ2v) is 4.15. The van der Waals surface area contributed by atoms with Crippen LogP contribution in [0.15, 0.2) is 12.7 Å². The Morgan fingerprint density at radius 1 is 1.36 bits per heavy atom. The lowest BCUT2D eigenvalue weighted by atomic mass is 9.52. The summed E-state index contributed by atoms with van der Waals surface area (Å²) in [5, 5.41) is -0.122. The first-order valence-electron chi connectivity index (χ1n) is 4.27. The minimum Gasteiger partial charge on any atom is -0.103 e. The van der Waals surface area contributed by atoms with Gasteiger partial charge in [-0.05, 0) is 11.8 Å². The Labute approximate surface area is 72.5 Å². The number of hydrogen-bond donors (Lipinski definition) is 0. The lowest BCUT2D eigenvalue weighted by molar-refractivity contribution is 0.241. The Morgan fingerprint density at radius 3 is 2.09 bits per heavy atom. The molecule has 1 heteroatoms. The third-order valence-corrected chi connectivity index (χ3v) is 3.00. The summed E-state index contributed by atoms with van der Waals surface area (Å²) >= 11 is 0. The lowest BCUT2D eigenvalue weighted by Gasteiger charge is -2.41. The average molecular weight is 150 g/mol. The topological polar surface area (TPSA) is 0 Å². The van der Waals surface area contributed by atoms with E-state index in [0.29, 0.717) is 0 Å². The second-order valence-electron chi connectivity index (χ2n) is 4.15. The molecule has 1 unspecified atom stereocenters. The molecule has 1 atom stereocenters. The molecular weight excluding hydrogens is 131 g/mol. The van der Waals surface area contributed by atoms with Crippen molar-refractivity contribution < 1.29 is 0 Å². The van der Waals surface area contributed by atoms with E-state index in [0.717, 1.165) is 12.8 Å². The van der Waals surface area contributed by atoms with Crippen molar-refractivity contribution in [3.8, 4) is 0 Å². The van der Waals surface area contributed by atoms with E-state index in [-0.39, 0.29) is 10.7 Å². The van der Waals surface area contributed by atoms with Gasteiger partial charge in [-0.25, -0.2) is 0 Å². The van der Waals surface area contributed by atoms with Gasteiger partial charge in [-0.3, -0.25) is 0 Å². The van der Waals surface area contributed by atoms with E-state index in [2.05, 4.69) is 34.3 Å². The molecule has 0 N–H and O–H groups in total. The summed E-state index contributed by atoms with van der Waals surface area (Å²) in [6, 6.07) is 0. The SMILES string of the molecule is [B]C(C)(CC=C)C(C)(C)CC. The van der Waals surface area contributed by atoms with Crippen LogP contribution in [0, 0.1) is 5.41 Å². The molecular formula is C10H19B. The molecule has 0 spiro atoms. The van der Waals surface area contributed by atoms with Crippen LogP contribution in [0.3, 0.4) is 0 Å². The Bertz CT molecular complexity index is 134. The van der Waals surface area contributed by atoms with Gasteiger partial charge in [0, 0.05) is 0 Å². The lowest BCUT2D eigenvalue weighted by Crippen LogP contribution is -2.28. The predicted molar refractivity (Wildman–Crippen MR) is 53.0 cm³/mol. The van der Waals surface area contributed by atoms with Gasteiger partial charge in [-0.15, -0.1) is 6.58 Å². The van der Waals surface area contributed by atoms with Crippen molar-refractivity contribution in [2.75, 3.05) is 0 Å². The number of hydrogen-bond acceptors (Lipinski definition) is 0. The molecule has 0 saturated heterocycles. The van der Waals surface area contributed by atoms with Crippen LogP contribution < -0.4 is 0 Å². The molecule has 0 aromatic rings. The first-order chi connectivity index (χ1) is 4.87. The van der Waals surface area contributed by atoms with Crippen LogP contribution in [0.2, 0.25) is 5.31 Å². The molecule has 62 valence electrons. The van der Waals surface area contributed by atoms with E-state index >= 15 is 0 Å². The van der Waals surface area contributed by atoms with E-state index in [1.165, 1.54) is 0 Å². The summed E-state index contributed by atoms with van der Waals surface area (Å²) in [5.74, 6) is 0. The van der Waals surface area contributed by atoms with E-state index < -0.39 is 0 Å². The highest BCUT2D eigenvalue weighted by Crippen LogP contribution is 2.47. The minimum atomic E-state index is -0.122. The average Bonchev–Trinajstić information content (AvgIpc) is 1.87. The minimum absolute atomic E-state index is 0.122. The maximum Gasteiger partial charge on any atom is 0.0754 e. The van der Waals surface area contributed by atoms with Crippen LogP contribution >= 0.6 is 0 Å². The number of rotatable bonds is 4. The first kappa shape index (κ1) is 10.8. The van der Waals surface area contributed by atoms with Crippen LogP contribution in [-0.2, 0) is 0 Å². The normalized spacial score (nSPS) is 17.5. The highest BCUT2D eigenvalue weighted by molar-refractivity contribution is 6.15. The van der Waals surface area contributed by atoms with Crippen molar-refractivity contribution >= 4 is 7.85 Å². The van der Waals surface area contributed by atoms with Crippen LogP contribution in [0.25, 0.3) is 0 Å². The fourth-order valence-electron chi connectivity index (χ4n) is 0.980. The summed E-state index contributed by atoms with van der Waals surface area (Å²) in [5.41, 5.74) is 0.196. The van der Waals surface area contributed by atoms with Gasteiger partial charge in [-0.1, -0.05) is 45.5 Å². The van der Waals surface area contributed by atoms with Crippen LogP contribution in [0.4, 0.5) is 0 Å². The summed E-state index contributed by atoms with van der Waals surface area (Å²) in [7, 11) is 6.14. The molecule has 0 aliphatic rings. The smallest absolute Gasteiger partial charge is 0.0754 e. The zero-order valence-electron chi connectivity index (χ0n) is 8.28. The van der Waals surface area contributed by atoms with Gasteiger partial charge in [0.15, 0.2) is 0 Å². The Morgan fingerprint density at radius 2 is 1.82 bits per heavy atom. The van der Waals surface area contributed by atoms with Gasteiger partial charge < -0.3 is 0 Å². The molecule has 0 rings (SSSR count). The van der Waals surface area contributed by atoms with Crippen molar-refractivity contribution in [2.24, 2.45) is 5.41 Å². The van der Waals surface area contributed by atoms with Crippen LogP contribution in [0.5, 0.6) is 0 Å². The third kappa shape index (κ3) is 2.39. The highest BCUT2D eigenvalue weighted by Gasteiger charge is 2.33. The zero-order chi connectivity index (χ0) is 9.12. The molecule has 0 aromatic carbocycles. The predicted octanol–water partition coefficient (Wildman–Crippen LogP) is 3.35. The van der Waals surface area contributed by atoms with Gasteiger partial charge in [0.1, 0.15) is 0 Å². The van der Waals surface area contributed by atoms with Crippen LogP contribution in [0.1, 0.15) is 40.5 Å². The first-order valence-corrected chi connectivity index (χ1v) is 4.27. The molecule has 0 aromatic heterocycles. The van der Waals surface area contributed by atoms with E-state index in [1.807, 2.05) is 6.08 Å². The van der Waals surface area contributed by atoms with Gasteiger partial charge in [-0.2, -0.15) is 0 Å². The summed E-state index contributed by atoms with van der Waals surface area (Å²) in [6.07, 6.45) is 3.89. The van der Waals surface area contributed by atoms with Crippen molar-refractivity contribution in [3.05, 3.63) is 12.7 Å². The van der Waals surface area contributed by atoms with E-state index in [9.17, 15) is 0 Å². The molecule has 0 saturated carbocycles. The molecule has 0 bridgehead atoms. The monoisotopic (exact) mass is 150 g/mol. The van der Waals surface area contributed by atoms with Crippen LogP contribution in [-0.4, -0.2) is 7.85 Å². The van der Waals surface area contributed by atoms with Crippen molar-refractivity contribution in [2.45, 2.75) is 45.9 Å². The Balaban J connectivity index is 4.38. The molecule has 11 heavy (non-hydrogen) atoms. The molecule has 0 fully saturated rings. The fraction of sp³-hybridized carbons (Fsp3) is 0.800. The van der Waals surface area contributed by atoms with Gasteiger partial charge in [0.2, 0.25) is 0 Å². The standard InChI is InChI=1S/C10H19B/c1-6-8-10(5,11)9(3,4)7-2/h6H,1,7-8H2,2-5H3. The molecule has 0 amide bonds. The van der Waals surface area contributed by atoms with Crippen molar-refractivity contribution in [3.63, 3.8) is 0 Å². The second kappa shape index (κ2) is 3.47. The molecule has 0 heterocycles. The summed E-state index contributed by atoms with van der Waals surface area (Å²) in [4.78, 5) is 0. The molecule has 0 aliphatic carbocycles. The third-order valence-electron chi connectivity index (χ3n) is 3.00. The molecule has 0 aliphatic heterocycles. The van der Waals surface area contributed by atoms with E-state index in [4.69, 9.17) is 7.85 Å². The Hall–Kier alpha value is -0.195. The van der Waals surface area contributed by atoms with Crippen molar-refractivity contribution in [1.82, 2.24) is 0 Å². The fourth-order valence-corrected chi connectivity index (χ4v) is 0.980. The largest absolute Gasteiger partial charge is 0.103 e. The van der Waals surface area contributed by atoms with Gasteiger partial charge in [0.25, 0.3) is 0 Å². The summed E-state index contributed by atoms with van der Waals surface area (Å²) in [6.45, 7) is 12.4. The summed E-state index contributed by atoms with van der Waals surface area (Å²) < 4.78 is 0. The quantitative estimate of drug-likeness (QED) is 0.425. The molecule has 2 radical (unpaired) electrons. The zero-order valence-corrected chi connectivity index (χ0v) is 8.28. The maximum absolute atomic E-state index is 6.14. The Kier molecular flexibility index (Phi) is 3.41. The maximum atomic E-state index is 6.14. The molecule has 0 nitrogen and oxygen atoms in total. The highest BCUT2D eigenvalue weighted by atomic mass is 14.3. The number of allylic oxidation sites excluding steroid dienone is 1. The van der Waals surface area contributed by atoms with Crippen molar-refractivity contribution in [1.29, 1.82) is 0 Å². The van der Waals surface area contributed by atoms with Gasteiger partial charge >= 0.3 is 0 Å². The van der Waals surface area contributed by atoms with Gasteiger partial charge in [0.05, 0.1) is 7.85 Å².